The minimum absolute atomic E-state index is 0.0427. The molecule has 0 fully saturated rings. The molecule has 0 aliphatic carbocycles. The Labute approximate surface area is 111 Å². The van der Waals surface area contributed by atoms with Crippen molar-refractivity contribution in [1.29, 1.82) is 0 Å². The SMILES string of the molecule is Cc1cccc(CNc2ccc([N+](=O)[O-])c(C)n2)c1. The van der Waals surface area contributed by atoms with E-state index in [1.54, 1.807) is 13.0 Å². The van der Waals surface area contributed by atoms with Crippen LogP contribution in [0.4, 0.5) is 11.5 Å². The van der Waals surface area contributed by atoms with Gasteiger partial charge in [0, 0.05) is 12.6 Å². The Morgan fingerprint density at radius 3 is 2.68 bits per heavy atom. The Balaban J connectivity index is 2.08. The fraction of sp³-hybridized carbons (Fsp3) is 0.214. The van der Waals surface area contributed by atoms with Gasteiger partial charge >= 0.3 is 0 Å². The van der Waals surface area contributed by atoms with E-state index in [9.17, 15) is 10.1 Å². The first-order valence-electron chi connectivity index (χ1n) is 5.98. The quantitative estimate of drug-likeness (QED) is 0.674. The number of nitro groups is 1. The number of benzene rings is 1. The molecule has 1 N–H and O–H groups in total. The second-order valence-corrected chi connectivity index (χ2v) is 4.40. The summed E-state index contributed by atoms with van der Waals surface area (Å²) in [5.41, 5.74) is 2.81. The molecule has 1 aromatic carbocycles. The lowest BCUT2D eigenvalue weighted by Crippen LogP contribution is -2.03. The summed E-state index contributed by atoms with van der Waals surface area (Å²) in [6, 6.07) is 11.3. The lowest BCUT2D eigenvalue weighted by atomic mass is 10.1. The van der Waals surface area contributed by atoms with Crippen molar-refractivity contribution in [3.05, 3.63) is 63.3 Å². The van der Waals surface area contributed by atoms with Gasteiger partial charge in [0.2, 0.25) is 0 Å². The maximum atomic E-state index is 10.7. The van der Waals surface area contributed by atoms with Gasteiger partial charge in [-0.1, -0.05) is 29.8 Å². The molecule has 0 atom stereocenters. The van der Waals surface area contributed by atoms with Crippen molar-refractivity contribution in [2.24, 2.45) is 0 Å². The number of aryl methyl sites for hydroxylation is 2. The summed E-state index contributed by atoms with van der Waals surface area (Å²) in [5.74, 6) is 0.643. The number of pyridine rings is 1. The molecule has 2 aromatic rings. The van der Waals surface area contributed by atoms with E-state index in [-0.39, 0.29) is 5.69 Å². The molecular weight excluding hydrogens is 242 g/mol. The van der Waals surface area contributed by atoms with Crippen LogP contribution in [0.3, 0.4) is 0 Å². The lowest BCUT2D eigenvalue weighted by Gasteiger charge is -2.07. The first-order chi connectivity index (χ1) is 9.06. The van der Waals surface area contributed by atoms with Crippen LogP contribution in [0, 0.1) is 24.0 Å². The predicted molar refractivity (Wildman–Crippen MR) is 74.1 cm³/mol. The van der Waals surface area contributed by atoms with E-state index in [1.165, 1.54) is 11.6 Å². The van der Waals surface area contributed by atoms with E-state index >= 15 is 0 Å². The molecule has 0 saturated heterocycles. The van der Waals surface area contributed by atoms with Crippen LogP contribution in [-0.4, -0.2) is 9.91 Å². The minimum atomic E-state index is -0.424. The highest BCUT2D eigenvalue weighted by atomic mass is 16.6. The van der Waals surface area contributed by atoms with E-state index in [0.29, 0.717) is 18.1 Å². The summed E-state index contributed by atoms with van der Waals surface area (Å²) in [7, 11) is 0. The van der Waals surface area contributed by atoms with Gasteiger partial charge < -0.3 is 5.32 Å². The van der Waals surface area contributed by atoms with Crippen LogP contribution in [0.1, 0.15) is 16.8 Å². The molecule has 0 aliphatic heterocycles. The smallest absolute Gasteiger partial charge is 0.290 e. The zero-order valence-corrected chi connectivity index (χ0v) is 10.9. The molecule has 1 aromatic heterocycles. The second kappa shape index (κ2) is 5.48. The maximum Gasteiger partial charge on any atom is 0.290 e. The summed E-state index contributed by atoms with van der Waals surface area (Å²) in [6.45, 7) is 4.32. The first kappa shape index (κ1) is 13.0. The van der Waals surface area contributed by atoms with Gasteiger partial charge in [-0.05, 0) is 25.5 Å². The Kier molecular flexibility index (Phi) is 3.75. The number of nitrogens with one attached hydrogen (secondary N) is 1. The van der Waals surface area contributed by atoms with Crippen molar-refractivity contribution in [3.8, 4) is 0 Å². The summed E-state index contributed by atoms with van der Waals surface area (Å²) in [5, 5.41) is 13.9. The summed E-state index contributed by atoms with van der Waals surface area (Å²) in [6.07, 6.45) is 0. The molecular formula is C14H15N3O2. The molecule has 0 bridgehead atoms. The molecule has 0 radical (unpaired) electrons. The van der Waals surface area contributed by atoms with Crippen LogP contribution >= 0.6 is 0 Å². The standard InChI is InChI=1S/C14H15N3O2/c1-10-4-3-5-12(8-10)9-15-14-7-6-13(17(18)19)11(2)16-14/h3-8H,9H2,1-2H3,(H,15,16). The number of aromatic nitrogens is 1. The van der Waals surface area contributed by atoms with Gasteiger partial charge in [0.25, 0.3) is 5.69 Å². The predicted octanol–water partition coefficient (Wildman–Crippen LogP) is 3.22. The fourth-order valence-electron chi connectivity index (χ4n) is 1.86. The van der Waals surface area contributed by atoms with Gasteiger partial charge in [-0.25, -0.2) is 4.98 Å². The average molecular weight is 257 g/mol. The largest absolute Gasteiger partial charge is 0.366 e. The van der Waals surface area contributed by atoms with Crippen LogP contribution in [0.5, 0.6) is 0 Å². The Bertz CT molecular complexity index is 611. The van der Waals surface area contributed by atoms with Crippen LogP contribution in [0.15, 0.2) is 36.4 Å². The molecule has 0 spiro atoms. The number of anilines is 1. The molecule has 5 nitrogen and oxygen atoms in total. The zero-order valence-electron chi connectivity index (χ0n) is 10.9. The average Bonchev–Trinajstić information content (AvgIpc) is 2.36. The third-order valence-electron chi connectivity index (χ3n) is 2.81. The van der Waals surface area contributed by atoms with Crippen LogP contribution < -0.4 is 5.32 Å². The second-order valence-electron chi connectivity index (χ2n) is 4.40. The Morgan fingerprint density at radius 1 is 1.26 bits per heavy atom. The van der Waals surface area contributed by atoms with Gasteiger partial charge in [0.1, 0.15) is 11.5 Å². The molecule has 98 valence electrons. The van der Waals surface area contributed by atoms with Crippen molar-refractivity contribution in [2.45, 2.75) is 20.4 Å². The lowest BCUT2D eigenvalue weighted by molar-refractivity contribution is -0.385. The van der Waals surface area contributed by atoms with Gasteiger partial charge in [-0.15, -0.1) is 0 Å². The number of nitrogens with zero attached hydrogens (tertiary/aromatic N) is 2. The molecule has 0 aliphatic rings. The van der Waals surface area contributed by atoms with Crippen LogP contribution in [-0.2, 0) is 6.54 Å². The number of hydrogen-bond acceptors (Lipinski definition) is 4. The van der Waals surface area contributed by atoms with Crippen LogP contribution in [0.2, 0.25) is 0 Å². The molecule has 1 heterocycles. The van der Waals surface area contributed by atoms with Crippen molar-refractivity contribution in [3.63, 3.8) is 0 Å². The topological polar surface area (TPSA) is 68.1 Å². The van der Waals surface area contributed by atoms with Gasteiger partial charge in [0.15, 0.2) is 0 Å². The van der Waals surface area contributed by atoms with E-state index in [0.717, 1.165) is 5.56 Å². The molecule has 0 amide bonds. The van der Waals surface area contributed by atoms with Crippen LogP contribution in [0.25, 0.3) is 0 Å². The Morgan fingerprint density at radius 2 is 2.05 bits per heavy atom. The molecule has 0 unspecified atom stereocenters. The monoisotopic (exact) mass is 257 g/mol. The van der Waals surface area contributed by atoms with Crippen molar-refractivity contribution >= 4 is 11.5 Å². The molecule has 5 heteroatoms. The zero-order chi connectivity index (χ0) is 13.8. The highest BCUT2D eigenvalue weighted by molar-refractivity contribution is 5.45. The number of hydrogen-bond donors (Lipinski definition) is 1. The fourth-order valence-corrected chi connectivity index (χ4v) is 1.86. The summed E-state index contributed by atoms with van der Waals surface area (Å²) < 4.78 is 0. The minimum Gasteiger partial charge on any atom is -0.366 e. The van der Waals surface area contributed by atoms with Crippen molar-refractivity contribution < 1.29 is 4.92 Å². The van der Waals surface area contributed by atoms with E-state index in [1.807, 2.05) is 25.1 Å². The van der Waals surface area contributed by atoms with Gasteiger partial charge in [-0.3, -0.25) is 10.1 Å². The highest BCUT2D eigenvalue weighted by Crippen LogP contribution is 2.18. The maximum absolute atomic E-state index is 10.7. The first-order valence-corrected chi connectivity index (χ1v) is 5.98. The third kappa shape index (κ3) is 3.28. The number of rotatable bonds is 4. The summed E-state index contributed by atoms with van der Waals surface area (Å²) >= 11 is 0. The summed E-state index contributed by atoms with van der Waals surface area (Å²) in [4.78, 5) is 14.5. The van der Waals surface area contributed by atoms with E-state index in [2.05, 4.69) is 16.4 Å². The highest BCUT2D eigenvalue weighted by Gasteiger charge is 2.11. The van der Waals surface area contributed by atoms with Crippen molar-refractivity contribution in [1.82, 2.24) is 4.98 Å². The molecule has 2 rings (SSSR count). The molecule has 19 heavy (non-hydrogen) atoms. The van der Waals surface area contributed by atoms with Crippen molar-refractivity contribution in [2.75, 3.05) is 5.32 Å². The van der Waals surface area contributed by atoms with Gasteiger partial charge in [0.05, 0.1) is 4.92 Å². The Hall–Kier alpha value is -2.43. The van der Waals surface area contributed by atoms with Gasteiger partial charge in [-0.2, -0.15) is 0 Å². The van der Waals surface area contributed by atoms with E-state index < -0.39 is 4.92 Å². The molecule has 0 saturated carbocycles. The normalized spacial score (nSPS) is 10.2. The van der Waals surface area contributed by atoms with E-state index in [4.69, 9.17) is 0 Å². The third-order valence-corrected chi connectivity index (χ3v) is 2.81.